The van der Waals surface area contributed by atoms with Crippen LogP contribution in [0.1, 0.15) is 58.6 Å². The Balaban J connectivity index is 1.74. The number of carbonyl (C=O) groups is 2. The zero-order valence-electron chi connectivity index (χ0n) is 18.3. The molecular formula is C22H26ClN5O3. The molecule has 1 N–H and O–H groups in total. The molecule has 164 valence electrons. The molecular weight excluding hydrogens is 418 g/mol. The molecule has 0 saturated heterocycles. The molecule has 31 heavy (non-hydrogen) atoms. The number of hydrogen-bond acceptors (Lipinski definition) is 5. The molecule has 3 rings (SSSR count). The molecule has 9 heteroatoms. The van der Waals surface area contributed by atoms with Gasteiger partial charge in [0.2, 0.25) is 0 Å². The van der Waals surface area contributed by atoms with Gasteiger partial charge in [-0.05, 0) is 52.3 Å². The van der Waals surface area contributed by atoms with Crippen LogP contribution in [0.3, 0.4) is 0 Å². The van der Waals surface area contributed by atoms with Gasteiger partial charge in [0.15, 0.2) is 5.69 Å². The Kier molecular flexibility index (Phi) is 6.80. The summed E-state index contributed by atoms with van der Waals surface area (Å²) in [4.78, 5) is 25.1. The van der Waals surface area contributed by atoms with E-state index >= 15 is 0 Å². The fraction of sp³-hybridized carbons (Fsp3) is 0.364. The number of esters is 1. The fourth-order valence-electron chi connectivity index (χ4n) is 3.05. The maximum atomic E-state index is 12.7. The lowest BCUT2D eigenvalue weighted by Gasteiger charge is -2.09. The summed E-state index contributed by atoms with van der Waals surface area (Å²) < 4.78 is 8.64. The fourth-order valence-corrected chi connectivity index (χ4v) is 3.19. The maximum Gasteiger partial charge on any atom is 0.361 e. The number of amides is 1. The Morgan fingerprint density at radius 3 is 2.39 bits per heavy atom. The zero-order chi connectivity index (χ0) is 22.7. The highest BCUT2D eigenvalue weighted by Gasteiger charge is 2.21. The third kappa shape index (κ3) is 5.14. The number of aryl methyl sites for hydroxylation is 2. The van der Waals surface area contributed by atoms with E-state index in [-0.39, 0.29) is 17.7 Å². The van der Waals surface area contributed by atoms with Crippen LogP contribution in [0.5, 0.6) is 0 Å². The molecule has 1 amide bonds. The van der Waals surface area contributed by atoms with Crippen molar-refractivity contribution < 1.29 is 14.3 Å². The lowest BCUT2D eigenvalue weighted by atomic mass is 10.1. The van der Waals surface area contributed by atoms with Crippen molar-refractivity contribution in [2.24, 2.45) is 0 Å². The summed E-state index contributed by atoms with van der Waals surface area (Å²) in [6.07, 6.45) is 1.34. The van der Waals surface area contributed by atoms with Crippen molar-refractivity contribution >= 4 is 29.2 Å². The first kappa shape index (κ1) is 22.6. The molecule has 0 atom stereocenters. The number of hydrogen-bond donors (Lipinski definition) is 1. The van der Waals surface area contributed by atoms with Crippen molar-refractivity contribution in [2.75, 3.05) is 5.32 Å². The van der Waals surface area contributed by atoms with Crippen LogP contribution >= 0.6 is 11.6 Å². The number of benzene rings is 1. The van der Waals surface area contributed by atoms with Crippen LogP contribution in [0.25, 0.3) is 0 Å². The van der Waals surface area contributed by atoms with Crippen LogP contribution in [0.4, 0.5) is 5.69 Å². The Morgan fingerprint density at radius 2 is 1.84 bits per heavy atom. The molecule has 0 radical (unpaired) electrons. The highest BCUT2D eigenvalue weighted by atomic mass is 35.5. The second-order valence-corrected chi connectivity index (χ2v) is 7.87. The molecule has 0 aliphatic rings. The van der Waals surface area contributed by atoms with E-state index < -0.39 is 5.97 Å². The minimum Gasteiger partial charge on any atom is -0.458 e. The summed E-state index contributed by atoms with van der Waals surface area (Å²) in [7, 11) is 0. The van der Waals surface area contributed by atoms with Crippen LogP contribution in [-0.4, -0.2) is 37.5 Å². The van der Waals surface area contributed by atoms with Crippen molar-refractivity contribution in [3.63, 3.8) is 0 Å². The summed E-state index contributed by atoms with van der Waals surface area (Å²) in [5.41, 5.74) is 3.53. The quantitative estimate of drug-likeness (QED) is 0.551. The Bertz CT molecular complexity index is 1100. The predicted molar refractivity (Wildman–Crippen MR) is 119 cm³/mol. The molecule has 0 spiro atoms. The smallest absolute Gasteiger partial charge is 0.361 e. The second kappa shape index (κ2) is 9.34. The molecule has 0 unspecified atom stereocenters. The summed E-state index contributed by atoms with van der Waals surface area (Å²) in [6.45, 7) is 10.3. The lowest BCUT2D eigenvalue weighted by Crippen LogP contribution is -2.17. The van der Waals surface area contributed by atoms with Crippen LogP contribution in [0, 0.1) is 13.8 Å². The Hall–Kier alpha value is -3.13. The van der Waals surface area contributed by atoms with Crippen molar-refractivity contribution in [1.82, 2.24) is 19.6 Å². The average Bonchev–Trinajstić information content (AvgIpc) is 3.24. The number of nitrogens with zero attached hydrogens (tertiary/aromatic N) is 4. The molecule has 1 aromatic carbocycles. The number of carbonyl (C=O) groups excluding carboxylic acids is 2. The van der Waals surface area contributed by atoms with Gasteiger partial charge in [-0.2, -0.15) is 10.2 Å². The van der Waals surface area contributed by atoms with Crippen LogP contribution in [-0.2, 0) is 17.8 Å². The van der Waals surface area contributed by atoms with Crippen molar-refractivity contribution in [3.05, 3.63) is 63.7 Å². The SMILES string of the molecule is CCn1cc(NC(=O)c2ccc(Cn3nc(C)c(Cl)c3C)cc2)c(C(=O)OC(C)C)n1. The molecule has 0 fully saturated rings. The average molecular weight is 444 g/mol. The van der Waals surface area contributed by atoms with Crippen LogP contribution < -0.4 is 5.32 Å². The van der Waals surface area contributed by atoms with E-state index in [2.05, 4.69) is 15.5 Å². The van der Waals surface area contributed by atoms with Crippen LogP contribution in [0.2, 0.25) is 5.02 Å². The number of rotatable bonds is 7. The largest absolute Gasteiger partial charge is 0.458 e. The summed E-state index contributed by atoms with van der Waals surface area (Å²) in [6, 6.07) is 7.19. The molecule has 8 nitrogen and oxygen atoms in total. The number of aromatic nitrogens is 4. The number of nitrogens with one attached hydrogen (secondary N) is 1. The molecule has 0 aliphatic carbocycles. The highest BCUT2D eigenvalue weighted by Crippen LogP contribution is 2.21. The normalized spacial score (nSPS) is 11.1. The summed E-state index contributed by atoms with van der Waals surface area (Å²) in [5.74, 6) is -0.911. The van der Waals surface area contributed by atoms with Crippen molar-refractivity contribution in [3.8, 4) is 0 Å². The molecule has 3 aromatic rings. The first-order chi connectivity index (χ1) is 14.7. The standard InChI is InChI=1S/C22H26ClN5O3/c1-6-27-12-18(20(26-27)22(30)31-13(2)3)24-21(29)17-9-7-16(8-10-17)11-28-15(5)19(23)14(4)25-28/h7-10,12-13H,6,11H2,1-5H3,(H,24,29). The van der Waals surface area contributed by atoms with E-state index in [0.717, 1.165) is 17.0 Å². The summed E-state index contributed by atoms with van der Waals surface area (Å²) >= 11 is 6.21. The van der Waals surface area contributed by atoms with Gasteiger partial charge in [-0.3, -0.25) is 14.2 Å². The molecule has 2 aromatic heterocycles. The zero-order valence-corrected chi connectivity index (χ0v) is 19.0. The number of anilines is 1. The van der Waals surface area contributed by atoms with E-state index in [1.807, 2.05) is 37.6 Å². The van der Waals surface area contributed by atoms with Gasteiger partial charge in [0.1, 0.15) is 0 Å². The van der Waals surface area contributed by atoms with Crippen LogP contribution in [0.15, 0.2) is 30.5 Å². The monoisotopic (exact) mass is 443 g/mol. The summed E-state index contributed by atoms with van der Waals surface area (Å²) in [5, 5.41) is 12.1. The first-order valence-corrected chi connectivity index (χ1v) is 10.5. The highest BCUT2D eigenvalue weighted by molar-refractivity contribution is 6.31. The number of ether oxygens (including phenoxy) is 1. The molecule has 0 saturated carbocycles. The third-order valence-corrected chi connectivity index (χ3v) is 5.26. The predicted octanol–water partition coefficient (Wildman–Crippen LogP) is 4.24. The van der Waals surface area contributed by atoms with Gasteiger partial charge in [-0.25, -0.2) is 4.79 Å². The van der Waals surface area contributed by atoms with E-state index in [1.54, 1.807) is 36.9 Å². The van der Waals surface area contributed by atoms with E-state index in [4.69, 9.17) is 16.3 Å². The van der Waals surface area contributed by atoms with Crippen molar-refractivity contribution in [2.45, 2.75) is 53.8 Å². The van der Waals surface area contributed by atoms with Gasteiger partial charge in [0.05, 0.1) is 34.7 Å². The van der Waals surface area contributed by atoms with E-state index in [9.17, 15) is 9.59 Å². The second-order valence-electron chi connectivity index (χ2n) is 7.49. The number of halogens is 1. The van der Waals surface area contributed by atoms with E-state index in [0.29, 0.717) is 29.4 Å². The van der Waals surface area contributed by atoms with Crippen molar-refractivity contribution in [1.29, 1.82) is 0 Å². The Labute approximate surface area is 186 Å². The molecule has 0 aliphatic heterocycles. The van der Waals surface area contributed by atoms with Gasteiger partial charge in [0.25, 0.3) is 5.91 Å². The van der Waals surface area contributed by atoms with Gasteiger partial charge < -0.3 is 10.1 Å². The topological polar surface area (TPSA) is 91.0 Å². The van der Waals surface area contributed by atoms with E-state index in [1.165, 1.54) is 0 Å². The minimum absolute atomic E-state index is 0.0851. The minimum atomic E-state index is -0.573. The third-order valence-electron chi connectivity index (χ3n) is 4.71. The molecule has 0 bridgehead atoms. The van der Waals surface area contributed by atoms with Gasteiger partial charge >= 0.3 is 5.97 Å². The van der Waals surface area contributed by atoms with Gasteiger partial charge in [-0.1, -0.05) is 23.7 Å². The van der Waals surface area contributed by atoms with Gasteiger partial charge in [-0.15, -0.1) is 0 Å². The first-order valence-electron chi connectivity index (χ1n) is 10.1. The van der Waals surface area contributed by atoms with Gasteiger partial charge in [0, 0.05) is 18.3 Å². The maximum absolute atomic E-state index is 12.7. The molecule has 2 heterocycles. The Morgan fingerprint density at radius 1 is 1.16 bits per heavy atom. The lowest BCUT2D eigenvalue weighted by molar-refractivity contribution is 0.0371.